The number of amidine groups is 1. The summed E-state index contributed by atoms with van der Waals surface area (Å²) >= 11 is 0. The van der Waals surface area contributed by atoms with E-state index < -0.39 is 47.5 Å². The van der Waals surface area contributed by atoms with Crippen molar-refractivity contribution in [1.29, 1.82) is 0 Å². The van der Waals surface area contributed by atoms with Crippen LogP contribution in [0.1, 0.15) is 17.5 Å². The Hall–Kier alpha value is -3.91. The Morgan fingerprint density at radius 2 is 2.00 bits per heavy atom. The summed E-state index contributed by atoms with van der Waals surface area (Å²) in [7, 11) is 3.61. The summed E-state index contributed by atoms with van der Waals surface area (Å²) in [5, 5.41) is 2.03. The number of nitrogen functional groups attached to an aromatic ring is 1. The largest absolute Gasteiger partial charge is 0.417 e. The molecule has 3 rings (SSSR count). The molecular formula is C21H25F5N8O2. The number of amides is 2. The lowest BCUT2D eigenvalue weighted by atomic mass is 9.99. The zero-order valence-electron chi connectivity index (χ0n) is 19.6. The molecule has 1 aliphatic rings. The van der Waals surface area contributed by atoms with Gasteiger partial charge in [-0.25, -0.2) is 18.6 Å². The Morgan fingerprint density at radius 3 is 2.58 bits per heavy atom. The highest BCUT2D eigenvalue weighted by Crippen LogP contribution is 2.34. The van der Waals surface area contributed by atoms with Crippen molar-refractivity contribution in [2.75, 3.05) is 43.1 Å². The molecule has 0 spiro atoms. The van der Waals surface area contributed by atoms with Crippen LogP contribution in [0.15, 0.2) is 34.3 Å². The maximum absolute atomic E-state index is 15.2. The number of urea groups is 1. The summed E-state index contributed by atoms with van der Waals surface area (Å²) in [6, 6.07) is -0.785. The van der Waals surface area contributed by atoms with Gasteiger partial charge in [-0.05, 0) is 18.6 Å². The molecule has 5 N–H and O–H groups in total. The Balaban J connectivity index is 1.79. The van der Waals surface area contributed by atoms with Crippen molar-refractivity contribution in [3.05, 3.63) is 46.0 Å². The minimum atomic E-state index is -4.78. The monoisotopic (exact) mass is 516 g/mol. The topological polar surface area (TPSA) is 135 Å². The summed E-state index contributed by atoms with van der Waals surface area (Å²) in [5.41, 5.74) is 9.40. The minimum absolute atomic E-state index is 0.0839. The fourth-order valence-electron chi connectivity index (χ4n) is 3.89. The van der Waals surface area contributed by atoms with Crippen molar-refractivity contribution < 1.29 is 26.7 Å². The fraction of sp³-hybridized carbons (Fsp3) is 0.429. The predicted molar refractivity (Wildman–Crippen MR) is 124 cm³/mol. The average molecular weight is 516 g/mol. The Bertz CT molecular complexity index is 1240. The Morgan fingerprint density at radius 1 is 1.33 bits per heavy atom. The average Bonchev–Trinajstić information content (AvgIpc) is 2.79. The quantitative estimate of drug-likeness (QED) is 0.324. The Labute approximate surface area is 202 Å². The maximum Gasteiger partial charge on any atom is 0.417 e. The number of rotatable bonds is 4. The van der Waals surface area contributed by atoms with Gasteiger partial charge in [0, 0.05) is 33.9 Å². The van der Waals surface area contributed by atoms with Crippen molar-refractivity contribution in [2.45, 2.75) is 24.6 Å². The van der Waals surface area contributed by atoms with E-state index in [0.29, 0.717) is 33.0 Å². The van der Waals surface area contributed by atoms with E-state index in [1.54, 1.807) is 0 Å². The third kappa shape index (κ3) is 5.33. The lowest BCUT2D eigenvalue weighted by molar-refractivity contribution is -0.138. The number of carbonyl (C=O) groups excluding carboxylic acids is 1. The third-order valence-electron chi connectivity index (χ3n) is 5.89. The first kappa shape index (κ1) is 26.7. The molecule has 2 aromatic rings. The second-order valence-corrected chi connectivity index (χ2v) is 8.32. The van der Waals surface area contributed by atoms with Gasteiger partial charge in [0.15, 0.2) is 0 Å². The van der Waals surface area contributed by atoms with Crippen molar-refractivity contribution >= 4 is 29.1 Å². The second-order valence-electron chi connectivity index (χ2n) is 8.32. The molecule has 2 aromatic heterocycles. The van der Waals surface area contributed by atoms with Gasteiger partial charge in [0.05, 0.1) is 29.6 Å². The van der Waals surface area contributed by atoms with Gasteiger partial charge in [0.25, 0.3) is 11.5 Å². The number of nitrogens with zero attached hydrogens (tertiary/aromatic N) is 5. The molecule has 1 saturated heterocycles. The molecule has 2 amide bonds. The summed E-state index contributed by atoms with van der Waals surface area (Å²) in [5.74, 6) is -3.25. The highest BCUT2D eigenvalue weighted by molar-refractivity contribution is 6.02. The van der Waals surface area contributed by atoms with Gasteiger partial charge >= 0.3 is 12.2 Å². The highest BCUT2D eigenvalue weighted by Gasteiger charge is 2.48. The van der Waals surface area contributed by atoms with Crippen LogP contribution in [0.3, 0.4) is 0 Å². The number of alkyl halides is 5. The second kappa shape index (κ2) is 9.62. The van der Waals surface area contributed by atoms with Gasteiger partial charge in [-0.3, -0.25) is 9.79 Å². The zero-order chi connectivity index (χ0) is 27.0. The number of halogens is 5. The number of aliphatic imine (C=N–C) groups is 1. The first-order chi connectivity index (χ1) is 16.7. The smallest absolute Gasteiger partial charge is 0.383 e. The van der Waals surface area contributed by atoms with Gasteiger partial charge in [0.2, 0.25) is 0 Å². The summed E-state index contributed by atoms with van der Waals surface area (Å²) in [4.78, 5) is 34.7. The number of aromatic nitrogens is 2. The predicted octanol–water partition coefficient (Wildman–Crippen LogP) is 2.09. The summed E-state index contributed by atoms with van der Waals surface area (Å²) < 4.78 is 70.2. The van der Waals surface area contributed by atoms with E-state index in [4.69, 9.17) is 11.5 Å². The van der Waals surface area contributed by atoms with Gasteiger partial charge in [-0.2, -0.15) is 13.2 Å². The van der Waals surface area contributed by atoms with E-state index in [1.807, 2.05) is 5.32 Å². The number of hydrogen-bond acceptors (Lipinski definition) is 6. The Kier molecular flexibility index (Phi) is 7.13. The molecule has 3 heterocycles. The molecular weight excluding hydrogens is 491 g/mol. The van der Waals surface area contributed by atoms with E-state index in [2.05, 4.69) is 9.98 Å². The van der Waals surface area contributed by atoms with Crippen LogP contribution in [0.2, 0.25) is 0 Å². The fourth-order valence-corrected chi connectivity index (χ4v) is 3.89. The van der Waals surface area contributed by atoms with E-state index in [0.717, 1.165) is 14.1 Å². The molecule has 0 aliphatic carbocycles. The summed E-state index contributed by atoms with van der Waals surface area (Å²) in [6.07, 6.45) is -3.07. The van der Waals surface area contributed by atoms with Crippen LogP contribution < -0.4 is 27.2 Å². The lowest BCUT2D eigenvalue weighted by Gasteiger charge is -2.43. The van der Waals surface area contributed by atoms with Crippen LogP contribution in [0.25, 0.3) is 0 Å². The SMILES string of the molecule is CN=C(N)c1cc(N2CCC(N(C)C(=O)Nc3cc(C(F)(F)F)cn(C)c3=O)C(F)(F)C2)cnc1N. The molecule has 1 aliphatic heterocycles. The molecule has 1 atom stereocenters. The first-order valence-corrected chi connectivity index (χ1v) is 10.6. The van der Waals surface area contributed by atoms with Crippen molar-refractivity contribution in [2.24, 2.45) is 17.8 Å². The zero-order valence-corrected chi connectivity index (χ0v) is 19.6. The van der Waals surface area contributed by atoms with Gasteiger partial charge in [0.1, 0.15) is 23.4 Å². The molecule has 10 nitrogen and oxygen atoms in total. The van der Waals surface area contributed by atoms with Crippen LogP contribution in [0.4, 0.5) is 43.9 Å². The van der Waals surface area contributed by atoms with Crippen LogP contribution in [-0.4, -0.2) is 65.5 Å². The van der Waals surface area contributed by atoms with E-state index in [9.17, 15) is 22.8 Å². The lowest BCUT2D eigenvalue weighted by Crippen LogP contribution is -2.59. The van der Waals surface area contributed by atoms with Crippen molar-refractivity contribution in [3.8, 4) is 0 Å². The number of pyridine rings is 2. The first-order valence-electron chi connectivity index (χ1n) is 10.6. The molecule has 0 bridgehead atoms. The number of hydrogen-bond donors (Lipinski definition) is 3. The number of carbonyl (C=O) groups is 1. The van der Waals surface area contributed by atoms with Crippen LogP contribution in [0, 0.1) is 0 Å². The molecule has 0 saturated carbocycles. The normalized spacial score (nSPS) is 18.2. The minimum Gasteiger partial charge on any atom is -0.383 e. The molecule has 1 unspecified atom stereocenters. The third-order valence-corrected chi connectivity index (χ3v) is 5.89. The van der Waals surface area contributed by atoms with Crippen molar-refractivity contribution in [1.82, 2.24) is 14.5 Å². The van der Waals surface area contributed by atoms with Crippen molar-refractivity contribution in [3.63, 3.8) is 0 Å². The van der Waals surface area contributed by atoms with E-state index >= 15 is 8.78 Å². The molecule has 0 radical (unpaired) electrons. The van der Waals surface area contributed by atoms with Crippen LogP contribution in [0.5, 0.6) is 0 Å². The maximum atomic E-state index is 15.2. The van der Waals surface area contributed by atoms with Crippen LogP contribution >= 0.6 is 0 Å². The number of nitrogens with one attached hydrogen (secondary N) is 1. The number of anilines is 3. The standard InChI is InChI=1S/C21H25F5N8O2/c1-29-16(27)13-7-12(8-30-17(13)28)34-5-4-15(20(22,23)10-34)33(3)19(36)31-14-6-11(21(24,25)26)9-32(2)18(14)35/h6-9,15H,4-5,10H2,1-3H3,(H2,27,29)(H2,28,30)(H,31,36). The molecule has 1 fully saturated rings. The van der Waals surface area contributed by atoms with Gasteiger partial charge < -0.3 is 31.2 Å². The van der Waals surface area contributed by atoms with Gasteiger partial charge in [-0.1, -0.05) is 0 Å². The number of nitrogens with two attached hydrogens (primary N) is 2. The number of aryl methyl sites for hydroxylation is 1. The summed E-state index contributed by atoms with van der Waals surface area (Å²) in [6.45, 7) is -0.688. The van der Waals surface area contributed by atoms with E-state index in [1.165, 1.54) is 24.2 Å². The van der Waals surface area contributed by atoms with E-state index in [-0.39, 0.29) is 24.6 Å². The van der Waals surface area contributed by atoms with Gasteiger partial charge in [-0.15, -0.1) is 0 Å². The molecule has 196 valence electrons. The highest BCUT2D eigenvalue weighted by atomic mass is 19.4. The molecule has 36 heavy (non-hydrogen) atoms. The van der Waals surface area contributed by atoms with Crippen LogP contribution in [-0.2, 0) is 13.2 Å². The molecule has 0 aromatic carbocycles. The molecule has 15 heteroatoms. The number of piperidine rings is 1.